The van der Waals surface area contributed by atoms with Crippen molar-refractivity contribution in [2.75, 3.05) is 0 Å². The molecule has 2 aromatic rings. The highest BCUT2D eigenvalue weighted by molar-refractivity contribution is 7.89. The van der Waals surface area contributed by atoms with Gasteiger partial charge in [-0.1, -0.05) is 26.0 Å². The summed E-state index contributed by atoms with van der Waals surface area (Å²) >= 11 is 0. The van der Waals surface area contributed by atoms with Crippen LogP contribution in [0.25, 0.3) is 11.1 Å². The minimum atomic E-state index is -3.58. The van der Waals surface area contributed by atoms with Gasteiger partial charge in [-0.15, -0.1) is 0 Å². The van der Waals surface area contributed by atoms with Crippen LogP contribution < -0.4 is 9.44 Å². The van der Waals surface area contributed by atoms with Gasteiger partial charge in [0.05, 0.1) is 9.79 Å². The van der Waals surface area contributed by atoms with Gasteiger partial charge in [0.1, 0.15) is 0 Å². The van der Waals surface area contributed by atoms with Gasteiger partial charge in [0, 0.05) is 12.1 Å². The fourth-order valence-corrected chi connectivity index (χ4v) is 6.08. The van der Waals surface area contributed by atoms with Gasteiger partial charge < -0.3 is 0 Å². The molecule has 0 amide bonds. The minimum absolute atomic E-state index is 0.142. The molecule has 3 rings (SSSR count). The lowest BCUT2D eigenvalue weighted by Gasteiger charge is -2.13. The zero-order valence-corrected chi connectivity index (χ0v) is 18.8. The molecule has 0 unspecified atom stereocenters. The van der Waals surface area contributed by atoms with Crippen molar-refractivity contribution >= 4 is 20.0 Å². The standard InChI is InChI=1S/C21H28N2O4S2/c1-5-14(3)22-28(24,25)18-7-9-20-16(12-18)11-17-13-19(8-10-21(17)20)29(26,27)23-15(4)6-2/h7-10,12-15,22-23H,5-6,11H2,1-4H3/t14-,15-/m1/s1. The van der Waals surface area contributed by atoms with Crippen molar-refractivity contribution in [1.29, 1.82) is 0 Å². The highest BCUT2D eigenvalue weighted by Crippen LogP contribution is 2.38. The largest absolute Gasteiger partial charge is 0.240 e. The Morgan fingerprint density at radius 3 is 1.48 bits per heavy atom. The van der Waals surface area contributed by atoms with Gasteiger partial charge in [-0.25, -0.2) is 26.3 Å². The van der Waals surface area contributed by atoms with Crippen LogP contribution in [0.15, 0.2) is 46.2 Å². The third-order valence-corrected chi connectivity index (χ3v) is 8.56. The van der Waals surface area contributed by atoms with Crippen molar-refractivity contribution in [2.45, 2.75) is 68.8 Å². The van der Waals surface area contributed by atoms with Gasteiger partial charge in [0.15, 0.2) is 0 Å². The van der Waals surface area contributed by atoms with E-state index in [1.807, 2.05) is 27.7 Å². The van der Waals surface area contributed by atoms with Gasteiger partial charge in [-0.05, 0) is 79.6 Å². The molecule has 0 spiro atoms. The van der Waals surface area contributed by atoms with E-state index in [-0.39, 0.29) is 21.9 Å². The van der Waals surface area contributed by atoms with Crippen molar-refractivity contribution in [2.24, 2.45) is 0 Å². The van der Waals surface area contributed by atoms with Crippen LogP contribution in [0.2, 0.25) is 0 Å². The molecule has 6 nitrogen and oxygen atoms in total. The van der Waals surface area contributed by atoms with Crippen LogP contribution in [-0.2, 0) is 26.5 Å². The summed E-state index contributed by atoms with van der Waals surface area (Å²) in [5, 5.41) is 0. The van der Waals surface area contributed by atoms with Crippen molar-refractivity contribution in [3.8, 4) is 11.1 Å². The molecule has 1 aliphatic carbocycles. The Bertz CT molecular complexity index is 1040. The molecule has 2 N–H and O–H groups in total. The van der Waals surface area contributed by atoms with Crippen molar-refractivity contribution in [1.82, 2.24) is 9.44 Å². The van der Waals surface area contributed by atoms with E-state index >= 15 is 0 Å². The molecule has 158 valence electrons. The van der Waals surface area contributed by atoms with Crippen LogP contribution in [-0.4, -0.2) is 28.9 Å². The Morgan fingerprint density at radius 1 is 0.759 bits per heavy atom. The van der Waals surface area contributed by atoms with Gasteiger partial charge in [0.25, 0.3) is 0 Å². The van der Waals surface area contributed by atoms with Crippen LogP contribution in [0.1, 0.15) is 51.7 Å². The molecule has 0 aromatic heterocycles. The summed E-state index contributed by atoms with van der Waals surface area (Å²) in [6, 6.07) is 9.90. The molecule has 2 atom stereocenters. The van der Waals surface area contributed by atoms with E-state index < -0.39 is 20.0 Å². The summed E-state index contributed by atoms with van der Waals surface area (Å²) in [7, 11) is -7.17. The summed E-state index contributed by atoms with van der Waals surface area (Å²) in [5.41, 5.74) is 3.66. The third kappa shape index (κ3) is 4.55. The molecule has 0 heterocycles. The van der Waals surface area contributed by atoms with Crippen LogP contribution >= 0.6 is 0 Å². The fraction of sp³-hybridized carbons (Fsp3) is 0.429. The zero-order valence-electron chi connectivity index (χ0n) is 17.2. The number of hydrogen-bond donors (Lipinski definition) is 2. The van der Waals surface area contributed by atoms with Gasteiger partial charge in [0.2, 0.25) is 20.0 Å². The zero-order chi connectivity index (χ0) is 21.4. The Labute approximate surface area is 173 Å². The van der Waals surface area contributed by atoms with Gasteiger partial charge in [-0.2, -0.15) is 0 Å². The molecule has 0 aliphatic heterocycles. The van der Waals surface area contributed by atoms with Gasteiger partial charge in [-0.3, -0.25) is 0 Å². The molecule has 0 saturated carbocycles. The van der Waals surface area contributed by atoms with Crippen molar-refractivity contribution in [3.63, 3.8) is 0 Å². The number of hydrogen-bond acceptors (Lipinski definition) is 4. The lowest BCUT2D eigenvalue weighted by molar-refractivity contribution is 0.554. The second-order valence-corrected chi connectivity index (χ2v) is 11.1. The van der Waals surface area contributed by atoms with Gasteiger partial charge >= 0.3 is 0 Å². The Hall–Kier alpha value is -1.74. The molecule has 0 saturated heterocycles. The second kappa shape index (κ2) is 8.18. The molecular weight excluding hydrogens is 408 g/mol. The predicted octanol–water partition coefficient (Wildman–Crippen LogP) is 3.41. The Morgan fingerprint density at radius 2 is 1.14 bits per heavy atom. The Kier molecular flexibility index (Phi) is 6.19. The normalized spacial score (nSPS) is 15.6. The highest BCUT2D eigenvalue weighted by atomic mass is 32.2. The van der Waals surface area contributed by atoms with E-state index in [0.29, 0.717) is 19.3 Å². The summed E-state index contributed by atoms with van der Waals surface area (Å²) in [4.78, 5) is 0.464. The lowest BCUT2D eigenvalue weighted by Crippen LogP contribution is -2.32. The van der Waals surface area contributed by atoms with Crippen LogP contribution in [0.3, 0.4) is 0 Å². The first-order chi connectivity index (χ1) is 13.6. The van der Waals surface area contributed by atoms with Crippen LogP contribution in [0.5, 0.6) is 0 Å². The molecule has 0 radical (unpaired) electrons. The topological polar surface area (TPSA) is 92.3 Å². The molecular formula is C21H28N2O4S2. The molecule has 2 aromatic carbocycles. The van der Waals surface area contributed by atoms with E-state index in [0.717, 1.165) is 22.3 Å². The quantitative estimate of drug-likeness (QED) is 0.566. The lowest BCUT2D eigenvalue weighted by atomic mass is 10.1. The first kappa shape index (κ1) is 22.0. The fourth-order valence-electron chi connectivity index (χ4n) is 3.33. The molecule has 29 heavy (non-hydrogen) atoms. The summed E-state index contributed by atoms with van der Waals surface area (Å²) in [6.07, 6.45) is 1.92. The number of benzene rings is 2. The van der Waals surface area contributed by atoms with Crippen LogP contribution in [0, 0.1) is 0 Å². The highest BCUT2D eigenvalue weighted by Gasteiger charge is 2.25. The van der Waals surface area contributed by atoms with E-state index in [1.165, 1.54) is 0 Å². The maximum Gasteiger partial charge on any atom is 0.240 e. The SMILES string of the molecule is CC[C@@H](C)NS(=O)(=O)c1ccc2c(c1)Cc1cc(S(=O)(=O)N[C@H](C)CC)ccc1-2. The number of fused-ring (bicyclic) bond motifs is 3. The minimum Gasteiger partial charge on any atom is -0.208 e. The first-order valence-corrected chi connectivity index (χ1v) is 12.8. The average Bonchev–Trinajstić information content (AvgIpc) is 3.04. The van der Waals surface area contributed by atoms with E-state index in [9.17, 15) is 16.8 Å². The maximum absolute atomic E-state index is 12.6. The van der Waals surface area contributed by atoms with Crippen LogP contribution in [0.4, 0.5) is 0 Å². The molecule has 1 aliphatic rings. The number of sulfonamides is 2. The van der Waals surface area contributed by atoms with Crippen molar-refractivity contribution in [3.05, 3.63) is 47.5 Å². The average molecular weight is 437 g/mol. The third-order valence-electron chi connectivity index (χ3n) is 5.38. The summed E-state index contributed by atoms with van der Waals surface area (Å²) in [5.74, 6) is 0. The monoisotopic (exact) mass is 436 g/mol. The summed E-state index contributed by atoms with van der Waals surface area (Å²) in [6.45, 7) is 7.51. The van der Waals surface area contributed by atoms with E-state index in [1.54, 1.807) is 36.4 Å². The van der Waals surface area contributed by atoms with E-state index in [2.05, 4.69) is 9.44 Å². The molecule has 0 fully saturated rings. The Balaban J connectivity index is 1.91. The summed E-state index contributed by atoms with van der Waals surface area (Å²) < 4.78 is 55.7. The first-order valence-electron chi connectivity index (χ1n) is 9.88. The molecule has 8 heteroatoms. The predicted molar refractivity (Wildman–Crippen MR) is 115 cm³/mol. The second-order valence-electron chi connectivity index (χ2n) is 7.68. The smallest absolute Gasteiger partial charge is 0.208 e. The van der Waals surface area contributed by atoms with E-state index in [4.69, 9.17) is 0 Å². The van der Waals surface area contributed by atoms with Crippen molar-refractivity contribution < 1.29 is 16.8 Å². The maximum atomic E-state index is 12.6. The molecule has 0 bridgehead atoms. The number of rotatable bonds is 8. The number of nitrogens with one attached hydrogen (secondary N) is 2.